The highest BCUT2D eigenvalue weighted by atomic mass is 19.1. The van der Waals surface area contributed by atoms with E-state index in [4.69, 9.17) is 16.2 Å². The van der Waals surface area contributed by atoms with Gasteiger partial charge in [0.2, 0.25) is 11.8 Å². The molecule has 5 aliphatic rings. The van der Waals surface area contributed by atoms with Crippen LogP contribution in [-0.2, 0) is 14.3 Å². The van der Waals surface area contributed by atoms with Crippen LogP contribution in [0.1, 0.15) is 59.7 Å². The number of aromatic nitrogens is 8. The van der Waals surface area contributed by atoms with E-state index in [1.807, 2.05) is 19.6 Å². The molecule has 5 fully saturated rings. The van der Waals surface area contributed by atoms with Crippen molar-refractivity contribution in [3.63, 3.8) is 0 Å². The molecule has 6 aromatic heterocycles. The lowest BCUT2D eigenvalue weighted by Crippen LogP contribution is -2.58. The van der Waals surface area contributed by atoms with E-state index in [1.165, 1.54) is 12.4 Å². The van der Waals surface area contributed by atoms with Crippen LogP contribution in [0.15, 0.2) is 49.6 Å². The Morgan fingerprint density at radius 2 is 1.07 bits per heavy atom. The maximum absolute atomic E-state index is 15.0. The number of fused-ring (bicyclic) bond motifs is 2. The molecule has 0 unspecified atom stereocenters. The molecule has 22 nitrogen and oxygen atoms in total. The Kier molecular flexibility index (Phi) is 14.1. The van der Waals surface area contributed by atoms with Gasteiger partial charge in [-0.05, 0) is 38.0 Å². The number of hydrogen-bond acceptors (Lipinski definition) is 16. The van der Waals surface area contributed by atoms with E-state index in [0.29, 0.717) is 76.9 Å². The van der Waals surface area contributed by atoms with Crippen molar-refractivity contribution in [3.8, 4) is 0 Å². The summed E-state index contributed by atoms with van der Waals surface area (Å²) in [5, 5.41) is 13.2. The number of carbonyl (C=O) groups is 4. The number of pyridine rings is 2. The molecule has 0 spiro atoms. The van der Waals surface area contributed by atoms with Crippen LogP contribution in [0.2, 0.25) is 0 Å². The summed E-state index contributed by atoms with van der Waals surface area (Å²) in [7, 11) is 0. The van der Waals surface area contributed by atoms with Crippen LogP contribution in [0.3, 0.4) is 0 Å². The Labute approximate surface area is 421 Å². The van der Waals surface area contributed by atoms with E-state index < -0.39 is 35.1 Å². The quantitative estimate of drug-likeness (QED) is 0.144. The summed E-state index contributed by atoms with van der Waals surface area (Å²) in [5.74, 6) is -3.38. The van der Waals surface area contributed by atoms with Gasteiger partial charge in [-0.25, -0.2) is 36.6 Å². The number of piperidine rings is 2. The Balaban J connectivity index is 0.000000170. The molecule has 0 radical (unpaired) electrons. The first-order valence-electron chi connectivity index (χ1n) is 24.6. The molecule has 6 N–H and O–H groups in total. The second kappa shape index (κ2) is 21.0. The van der Waals surface area contributed by atoms with E-state index in [1.54, 1.807) is 0 Å². The fourth-order valence-corrected chi connectivity index (χ4v) is 10.3. The van der Waals surface area contributed by atoms with Crippen molar-refractivity contribution in [3.05, 3.63) is 84.0 Å². The van der Waals surface area contributed by atoms with Crippen molar-refractivity contribution in [2.24, 2.45) is 17.8 Å². The van der Waals surface area contributed by atoms with Crippen LogP contribution in [0.5, 0.6) is 0 Å². The van der Waals surface area contributed by atoms with Crippen molar-refractivity contribution < 1.29 is 41.5 Å². The van der Waals surface area contributed by atoms with Gasteiger partial charge in [-0.15, -0.1) is 10.2 Å². The molecule has 0 saturated carbocycles. The van der Waals surface area contributed by atoms with Crippen LogP contribution in [-0.4, -0.2) is 162 Å². The monoisotopic (exact) mass is 1030 g/mol. The number of nitrogens with two attached hydrogens (primary N) is 2. The van der Waals surface area contributed by atoms with E-state index in [-0.39, 0.29) is 80.5 Å². The largest absolute Gasteiger partial charge is 0.381 e. The fraction of sp³-hybridized carbons (Fsp3) is 0.458. The maximum atomic E-state index is 15.0. The molecule has 6 aromatic rings. The Hall–Kier alpha value is -7.74. The number of nitrogens with zero attached hydrogens (tertiary/aromatic N) is 13. The maximum Gasteiger partial charge on any atom is 0.263 e. The van der Waals surface area contributed by atoms with Gasteiger partial charge in [0, 0.05) is 77.3 Å². The van der Waals surface area contributed by atoms with Crippen molar-refractivity contribution in [1.29, 1.82) is 0 Å². The first-order chi connectivity index (χ1) is 35.7. The summed E-state index contributed by atoms with van der Waals surface area (Å²) in [4.78, 5) is 77.6. The smallest absolute Gasteiger partial charge is 0.263 e. The van der Waals surface area contributed by atoms with Gasteiger partial charge in [-0.2, -0.15) is 0 Å². The number of likely N-dealkylation sites (tertiary alicyclic amines) is 1. The molecule has 0 aromatic carbocycles. The zero-order chi connectivity index (χ0) is 51.8. The number of hydrogen-bond donors (Lipinski definition) is 4. The third-order valence-electron chi connectivity index (χ3n) is 14.6. The molecule has 5 aliphatic heterocycles. The van der Waals surface area contributed by atoms with Crippen molar-refractivity contribution in [2.45, 2.75) is 45.1 Å². The average Bonchev–Trinajstić information content (AvgIpc) is 3.87. The molecule has 0 atom stereocenters. The molecule has 4 amide bonds. The minimum Gasteiger partial charge on any atom is -0.381 e. The molecule has 0 bridgehead atoms. The SMILES string of the molecule is CCC1CN(C(=O)C2CCN(c3c(F)cncc3NC(=O)c3c(N)nn4cc(F)cnc34)CC2)C1.Nc1nn2cc(F)cnc2c1C(=O)Nc1cncc(F)c1N1CCC(C(=O)N2CCN(C3COC3)CC2)CC1. The average molecular weight is 1030 g/mol. The molecular weight excluding hydrogens is 971 g/mol. The summed E-state index contributed by atoms with van der Waals surface area (Å²) < 4.78 is 64.4. The first-order valence-corrected chi connectivity index (χ1v) is 24.6. The van der Waals surface area contributed by atoms with Crippen molar-refractivity contribution in [2.75, 3.05) is 111 Å². The van der Waals surface area contributed by atoms with Gasteiger partial charge in [-0.1, -0.05) is 6.92 Å². The lowest BCUT2D eigenvalue weighted by Gasteiger charge is -2.43. The zero-order valence-electron chi connectivity index (χ0n) is 40.5. The third-order valence-corrected chi connectivity index (χ3v) is 14.6. The number of piperazine rings is 1. The Morgan fingerprint density at radius 1 is 0.622 bits per heavy atom. The van der Waals surface area contributed by atoms with Crippen LogP contribution >= 0.6 is 0 Å². The van der Waals surface area contributed by atoms with Crippen LogP contribution in [0.25, 0.3) is 11.3 Å². The summed E-state index contributed by atoms with van der Waals surface area (Å²) in [6.45, 7) is 10.2. The van der Waals surface area contributed by atoms with Crippen LogP contribution < -0.4 is 31.9 Å². The first kappa shape index (κ1) is 49.8. The van der Waals surface area contributed by atoms with Gasteiger partial charge in [0.05, 0.1) is 80.2 Å². The Bertz CT molecular complexity index is 3090. The molecule has 11 rings (SSSR count). The number of rotatable bonds is 10. The number of carbonyl (C=O) groups excluding carboxylic acids is 4. The van der Waals surface area contributed by atoms with Gasteiger partial charge < -0.3 is 46.4 Å². The highest BCUT2D eigenvalue weighted by molar-refractivity contribution is 6.13. The van der Waals surface area contributed by atoms with Crippen LogP contribution in [0, 0.1) is 41.0 Å². The number of amides is 4. The Morgan fingerprint density at radius 3 is 1.49 bits per heavy atom. The molecule has 11 heterocycles. The molecular formula is C48H55F4N17O5. The molecule has 26 heteroatoms. The summed E-state index contributed by atoms with van der Waals surface area (Å²) in [6, 6.07) is 0.471. The summed E-state index contributed by atoms with van der Waals surface area (Å²) in [5.41, 5.74) is 12.5. The lowest BCUT2D eigenvalue weighted by molar-refractivity contribution is -0.143. The molecule has 390 valence electrons. The third kappa shape index (κ3) is 10.0. The minimum atomic E-state index is -0.673. The van der Waals surface area contributed by atoms with Gasteiger partial charge in [0.15, 0.2) is 46.2 Å². The topological polar surface area (TPSA) is 256 Å². The normalized spacial score (nSPS) is 18.2. The van der Waals surface area contributed by atoms with Gasteiger partial charge >= 0.3 is 0 Å². The highest BCUT2D eigenvalue weighted by Crippen LogP contribution is 2.36. The van der Waals surface area contributed by atoms with Gasteiger partial charge in [-0.3, -0.25) is 34.0 Å². The number of ether oxygens (including phenoxy) is 1. The lowest BCUT2D eigenvalue weighted by atomic mass is 9.90. The number of nitrogen functional groups attached to an aromatic ring is 2. The van der Waals surface area contributed by atoms with E-state index in [0.717, 1.165) is 92.0 Å². The molecule has 5 saturated heterocycles. The highest BCUT2D eigenvalue weighted by Gasteiger charge is 2.37. The second-order valence-electron chi connectivity index (χ2n) is 19.1. The van der Waals surface area contributed by atoms with E-state index in [2.05, 4.69) is 52.6 Å². The number of halogens is 4. The van der Waals surface area contributed by atoms with Gasteiger partial charge in [0.25, 0.3) is 11.8 Å². The standard InChI is InChI=1S/C25H29F2N9O3.C23H26F2N8O2/c26-16-9-30-23-20(22(28)32-36(23)12-16)24(37)31-19-11-29-10-18(27)21(19)34-3-1-15(2-4-34)25(38)35-7-5-33(6-8-35)17-13-39-14-17;1-2-13-10-32(11-13)23(35)14-3-5-31(6-4-14)19-16(25)8-27-9-17(19)29-22(34)18-20(26)30-33-12-15(24)7-28-21(18)33/h9-12,15,17H,1-8,13-14H2,(H2,28,32)(H,31,37);7-9,12-14H,2-6,10-11H2,1H3,(H2,26,30)(H,29,34). The number of anilines is 6. The van der Waals surface area contributed by atoms with E-state index in [9.17, 15) is 32.3 Å². The summed E-state index contributed by atoms with van der Waals surface area (Å²) >= 11 is 0. The predicted molar refractivity (Wildman–Crippen MR) is 262 cm³/mol. The van der Waals surface area contributed by atoms with Crippen LogP contribution in [0.4, 0.5) is 51.9 Å². The number of nitrogens with one attached hydrogen (secondary N) is 2. The zero-order valence-corrected chi connectivity index (χ0v) is 40.5. The van der Waals surface area contributed by atoms with Crippen molar-refractivity contribution >= 4 is 69.3 Å². The minimum absolute atomic E-state index is 0.0514. The molecule has 74 heavy (non-hydrogen) atoms. The van der Waals surface area contributed by atoms with E-state index >= 15 is 4.39 Å². The summed E-state index contributed by atoms with van der Waals surface area (Å²) in [6.07, 6.45) is 12.3. The predicted octanol–water partition coefficient (Wildman–Crippen LogP) is 3.32. The van der Waals surface area contributed by atoms with Crippen molar-refractivity contribution in [1.82, 2.24) is 53.9 Å². The molecule has 0 aliphatic carbocycles. The fourth-order valence-electron chi connectivity index (χ4n) is 10.3. The second-order valence-corrected chi connectivity index (χ2v) is 19.1. The van der Waals surface area contributed by atoms with Gasteiger partial charge in [0.1, 0.15) is 22.5 Å².